The van der Waals surface area contributed by atoms with Crippen LogP contribution in [0.1, 0.15) is 19.3 Å². The first kappa shape index (κ1) is 16.4. The van der Waals surface area contributed by atoms with Crippen molar-refractivity contribution in [3.05, 3.63) is 35.5 Å². The van der Waals surface area contributed by atoms with Crippen LogP contribution < -0.4 is 10.1 Å². The average molecular weight is 338 g/mol. The maximum Gasteiger partial charge on any atom is 0.277 e. The summed E-state index contributed by atoms with van der Waals surface area (Å²) in [6.07, 6.45) is 3.36. The van der Waals surface area contributed by atoms with Crippen LogP contribution in [-0.2, 0) is 9.59 Å². The zero-order chi connectivity index (χ0) is 17.3. The van der Waals surface area contributed by atoms with E-state index in [0.717, 1.165) is 42.4 Å². The number of halogens is 2. The van der Waals surface area contributed by atoms with Gasteiger partial charge in [0.15, 0.2) is 17.4 Å². The van der Waals surface area contributed by atoms with E-state index in [4.69, 9.17) is 9.84 Å². The molecule has 2 N–H and O–H groups in total. The minimum Gasteiger partial charge on any atom is -0.484 e. The van der Waals surface area contributed by atoms with Crippen molar-refractivity contribution in [1.29, 1.82) is 0 Å². The minimum absolute atomic E-state index is 0.00999. The molecule has 0 aromatic heterocycles. The summed E-state index contributed by atoms with van der Waals surface area (Å²) in [5.41, 5.74) is -0.121. The molecule has 1 aromatic rings. The number of nitrogens with zero attached hydrogens (tertiary/aromatic N) is 1. The number of hydrogen-bond acceptors (Lipinski definition) is 5. The largest absolute Gasteiger partial charge is 0.484 e. The molecule has 1 heterocycles. The summed E-state index contributed by atoms with van der Waals surface area (Å²) in [7, 11) is 0. The Morgan fingerprint density at radius 2 is 1.92 bits per heavy atom. The second-order valence-corrected chi connectivity index (χ2v) is 5.64. The first-order chi connectivity index (χ1) is 11.5. The summed E-state index contributed by atoms with van der Waals surface area (Å²) >= 11 is 0. The highest BCUT2D eigenvalue weighted by atomic mass is 19.1. The lowest BCUT2D eigenvalue weighted by Gasteiger charge is -2.26. The van der Waals surface area contributed by atoms with E-state index in [1.165, 1.54) is 0 Å². The topological polar surface area (TPSA) is 78.9 Å². The van der Waals surface area contributed by atoms with E-state index in [9.17, 15) is 18.4 Å². The maximum absolute atomic E-state index is 14.1. The Balaban J connectivity index is 1.75. The molecule has 1 saturated carbocycles. The van der Waals surface area contributed by atoms with Gasteiger partial charge in [0.25, 0.3) is 11.8 Å². The van der Waals surface area contributed by atoms with Crippen LogP contribution in [0, 0.1) is 11.6 Å². The number of carbonyl (C=O) groups is 2. The Labute approximate surface area is 136 Å². The molecule has 0 atom stereocenters. The second kappa shape index (κ2) is 6.56. The first-order valence-electron chi connectivity index (χ1n) is 7.60. The molecule has 0 saturated heterocycles. The van der Waals surface area contributed by atoms with Gasteiger partial charge in [0, 0.05) is 23.9 Å². The zero-order valence-electron chi connectivity index (χ0n) is 12.7. The molecule has 0 unspecified atom stereocenters. The minimum atomic E-state index is -0.881. The van der Waals surface area contributed by atoms with Gasteiger partial charge < -0.3 is 15.2 Å². The number of β-amino-alcohol motifs (C(OH)–C–C–N with tert-alkyl or cyclic N) is 1. The van der Waals surface area contributed by atoms with Crippen molar-refractivity contribution in [2.24, 2.45) is 0 Å². The van der Waals surface area contributed by atoms with Crippen LogP contribution in [0.4, 0.5) is 14.5 Å². The molecule has 128 valence electrons. The van der Waals surface area contributed by atoms with Crippen LogP contribution in [0.2, 0.25) is 0 Å². The number of aliphatic hydroxyl groups excluding tert-OH is 1. The zero-order valence-corrected chi connectivity index (χ0v) is 12.7. The normalized spacial score (nSPS) is 17.8. The van der Waals surface area contributed by atoms with Gasteiger partial charge in [0.1, 0.15) is 5.70 Å². The molecule has 6 nitrogen and oxygen atoms in total. The maximum atomic E-state index is 14.1. The number of imide groups is 1. The molecule has 3 rings (SSSR count). The van der Waals surface area contributed by atoms with Crippen LogP contribution in [0.15, 0.2) is 23.9 Å². The van der Waals surface area contributed by atoms with Gasteiger partial charge in [-0.1, -0.05) is 0 Å². The van der Waals surface area contributed by atoms with Crippen molar-refractivity contribution >= 4 is 17.5 Å². The molecule has 1 fully saturated rings. The molecule has 1 aliphatic heterocycles. The van der Waals surface area contributed by atoms with Crippen molar-refractivity contribution in [3.63, 3.8) is 0 Å². The van der Waals surface area contributed by atoms with E-state index < -0.39 is 29.2 Å². The molecule has 1 aromatic carbocycles. The third-order valence-electron chi connectivity index (χ3n) is 3.95. The summed E-state index contributed by atoms with van der Waals surface area (Å²) in [6.45, 7) is -0.509. The molecule has 2 amide bonds. The van der Waals surface area contributed by atoms with Crippen molar-refractivity contribution in [2.75, 3.05) is 18.5 Å². The highest BCUT2D eigenvalue weighted by molar-refractivity contribution is 6.17. The summed E-state index contributed by atoms with van der Waals surface area (Å²) in [4.78, 5) is 24.5. The summed E-state index contributed by atoms with van der Waals surface area (Å²) < 4.78 is 33.4. The number of hydrogen-bond donors (Lipinski definition) is 2. The van der Waals surface area contributed by atoms with E-state index >= 15 is 0 Å². The Morgan fingerprint density at radius 3 is 2.46 bits per heavy atom. The third kappa shape index (κ3) is 3.09. The lowest BCUT2D eigenvalue weighted by atomic mass is 9.96. The highest BCUT2D eigenvalue weighted by Gasteiger charge is 2.31. The van der Waals surface area contributed by atoms with Crippen molar-refractivity contribution in [3.8, 4) is 5.75 Å². The SMILES string of the molecule is O=C1C=C(Nc2cc(F)c(OC3CCC3)c(F)c2)C(=O)N1CCO. The molecule has 24 heavy (non-hydrogen) atoms. The van der Waals surface area contributed by atoms with Gasteiger partial charge in [-0.2, -0.15) is 0 Å². The van der Waals surface area contributed by atoms with E-state index in [-0.39, 0.29) is 30.6 Å². The van der Waals surface area contributed by atoms with Gasteiger partial charge in [0.2, 0.25) is 0 Å². The predicted octanol–water partition coefficient (Wildman–Crippen LogP) is 1.55. The van der Waals surface area contributed by atoms with Gasteiger partial charge in [-0.05, 0) is 19.3 Å². The number of aliphatic hydroxyl groups is 1. The standard InChI is InChI=1S/C16H16F2N2O4/c17-11-6-9(7-12(18)15(11)24-10-2-1-3-10)19-13-8-14(22)20(4-5-21)16(13)23/h6-8,10,19,21H,1-5H2. The van der Waals surface area contributed by atoms with Crippen molar-refractivity contribution in [2.45, 2.75) is 25.4 Å². The van der Waals surface area contributed by atoms with E-state index in [2.05, 4.69) is 5.32 Å². The van der Waals surface area contributed by atoms with Gasteiger partial charge in [-0.15, -0.1) is 0 Å². The number of carbonyl (C=O) groups excluding carboxylic acids is 2. The Morgan fingerprint density at radius 1 is 1.25 bits per heavy atom. The summed E-state index contributed by atoms with van der Waals surface area (Å²) in [5, 5.41) is 11.4. The molecule has 0 radical (unpaired) electrons. The molecule has 8 heteroatoms. The van der Waals surface area contributed by atoms with Gasteiger partial charge in [0.05, 0.1) is 19.3 Å². The molecule has 2 aliphatic rings. The molecular weight excluding hydrogens is 322 g/mol. The van der Waals surface area contributed by atoms with Crippen LogP contribution in [-0.4, -0.2) is 41.1 Å². The molecular formula is C16H16F2N2O4. The average Bonchev–Trinajstić information content (AvgIpc) is 2.73. The van der Waals surface area contributed by atoms with Crippen LogP contribution in [0.5, 0.6) is 5.75 Å². The number of benzene rings is 1. The lowest BCUT2D eigenvalue weighted by molar-refractivity contribution is -0.137. The summed E-state index contributed by atoms with van der Waals surface area (Å²) in [5.74, 6) is -3.45. The fraction of sp³-hybridized carbons (Fsp3) is 0.375. The second-order valence-electron chi connectivity index (χ2n) is 5.64. The predicted molar refractivity (Wildman–Crippen MR) is 80.1 cm³/mol. The van der Waals surface area contributed by atoms with Gasteiger partial charge >= 0.3 is 0 Å². The summed E-state index contributed by atoms with van der Waals surface area (Å²) in [6, 6.07) is 2.01. The third-order valence-corrected chi connectivity index (χ3v) is 3.95. The Kier molecular flexibility index (Phi) is 4.48. The quantitative estimate of drug-likeness (QED) is 0.770. The fourth-order valence-corrected chi connectivity index (χ4v) is 2.47. The highest BCUT2D eigenvalue weighted by Crippen LogP contribution is 2.31. The molecule has 0 spiro atoms. The van der Waals surface area contributed by atoms with E-state index in [1.54, 1.807) is 0 Å². The number of nitrogens with one attached hydrogen (secondary N) is 1. The van der Waals surface area contributed by atoms with Gasteiger partial charge in [-0.25, -0.2) is 8.78 Å². The van der Waals surface area contributed by atoms with E-state index in [0.29, 0.717) is 0 Å². The van der Waals surface area contributed by atoms with Crippen LogP contribution in [0.3, 0.4) is 0 Å². The Bertz CT molecular complexity index is 693. The number of ether oxygens (including phenoxy) is 1. The smallest absolute Gasteiger partial charge is 0.277 e. The molecule has 0 bridgehead atoms. The van der Waals surface area contributed by atoms with Crippen LogP contribution in [0.25, 0.3) is 0 Å². The van der Waals surface area contributed by atoms with E-state index in [1.807, 2.05) is 0 Å². The van der Waals surface area contributed by atoms with Crippen molar-refractivity contribution in [1.82, 2.24) is 4.90 Å². The van der Waals surface area contributed by atoms with Gasteiger partial charge in [-0.3, -0.25) is 14.5 Å². The Hall–Kier alpha value is -2.48. The monoisotopic (exact) mass is 338 g/mol. The van der Waals surface area contributed by atoms with Crippen molar-refractivity contribution < 1.29 is 28.2 Å². The lowest BCUT2D eigenvalue weighted by Crippen LogP contribution is -2.34. The first-order valence-corrected chi connectivity index (χ1v) is 7.60. The molecule has 1 aliphatic carbocycles. The number of rotatable bonds is 6. The fourth-order valence-electron chi connectivity index (χ4n) is 2.47. The van der Waals surface area contributed by atoms with Crippen LogP contribution >= 0.6 is 0 Å². The number of amides is 2. The number of anilines is 1.